The molecule has 0 spiro atoms. The van der Waals surface area contributed by atoms with E-state index in [9.17, 15) is 4.39 Å². The highest BCUT2D eigenvalue weighted by molar-refractivity contribution is 5.37. The Morgan fingerprint density at radius 1 is 1.25 bits per heavy atom. The molecule has 1 aromatic rings. The van der Waals surface area contributed by atoms with Gasteiger partial charge in [-0.3, -0.25) is 4.90 Å². The van der Waals surface area contributed by atoms with Gasteiger partial charge in [-0.1, -0.05) is 31.1 Å². The largest absolute Gasteiger partial charge is 0.384 e. The van der Waals surface area contributed by atoms with Crippen molar-refractivity contribution in [1.29, 1.82) is 0 Å². The summed E-state index contributed by atoms with van der Waals surface area (Å²) in [6, 6.07) is 5.50. The van der Waals surface area contributed by atoms with Gasteiger partial charge in [-0.05, 0) is 43.7 Å². The van der Waals surface area contributed by atoms with E-state index in [4.69, 9.17) is 5.11 Å². The summed E-state index contributed by atoms with van der Waals surface area (Å²) >= 11 is 0. The first kappa shape index (κ1) is 15.0. The first-order valence-electron chi connectivity index (χ1n) is 7.28. The third-order valence-electron chi connectivity index (χ3n) is 3.90. The van der Waals surface area contributed by atoms with Gasteiger partial charge in [-0.15, -0.1) is 0 Å². The number of aliphatic hydroxyl groups is 1. The average Bonchev–Trinajstić information content (AvgIpc) is 2.45. The molecule has 2 rings (SSSR count). The first-order chi connectivity index (χ1) is 9.69. The van der Waals surface area contributed by atoms with E-state index in [-0.39, 0.29) is 12.4 Å². The Morgan fingerprint density at radius 3 is 2.70 bits per heavy atom. The predicted molar refractivity (Wildman–Crippen MR) is 78.7 cm³/mol. The zero-order valence-electron chi connectivity index (χ0n) is 12.0. The van der Waals surface area contributed by atoms with Gasteiger partial charge in [0.15, 0.2) is 0 Å². The molecule has 108 valence electrons. The lowest BCUT2D eigenvalue weighted by Crippen LogP contribution is -2.32. The van der Waals surface area contributed by atoms with Crippen molar-refractivity contribution >= 4 is 0 Å². The highest BCUT2D eigenvalue weighted by atomic mass is 19.1. The number of hydrogen-bond donors (Lipinski definition) is 1. The molecule has 0 saturated heterocycles. The van der Waals surface area contributed by atoms with Crippen LogP contribution in [-0.4, -0.2) is 29.7 Å². The Balaban J connectivity index is 2.06. The Labute approximate surface area is 120 Å². The molecule has 1 fully saturated rings. The summed E-state index contributed by atoms with van der Waals surface area (Å²) in [7, 11) is 2.11. The van der Waals surface area contributed by atoms with Crippen LogP contribution in [0.2, 0.25) is 0 Å². The minimum absolute atomic E-state index is 0.201. The van der Waals surface area contributed by atoms with Crippen molar-refractivity contribution in [3.05, 3.63) is 35.1 Å². The van der Waals surface area contributed by atoms with E-state index in [1.54, 1.807) is 6.07 Å². The lowest BCUT2D eigenvalue weighted by Gasteiger charge is -2.31. The summed E-state index contributed by atoms with van der Waals surface area (Å²) in [6.07, 6.45) is 6.41. The lowest BCUT2D eigenvalue weighted by atomic mass is 9.94. The fourth-order valence-electron chi connectivity index (χ4n) is 2.89. The van der Waals surface area contributed by atoms with Gasteiger partial charge in [0.05, 0.1) is 0 Å². The number of nitrogens with zero attached hydrogens (tertiary/aromatic N) is 1. The van der Waals surface area contributed by atoms with Crippen molar-refractivity contribution in [3.63, 3.8) is 0 Å². The molecule has 0 bridgehead atoms. The minimum atomic E-state index is -0.262. The second-order valence-corrected chi connectivity index (χ2v) is 5.51. The Kier molecular flexibility index (Phi) is 5.58. The van der Waals surface area contributed by atoms with Crippen molar-refractivity contribution in [2.45, 2.75) is 44.7 Å². The summed E-state index contributed by atoms with van der Waals surface area (Å²) < 4.78 is 13.6. The third-order valence-corrected chi connectivity index (χ3v) is 3.90. The highest BCUT2D eigenvalue weighted by Gasteiger charge is 2.18. The van der Waals surface area contributed by atoms with Gasteiger partial charge in [0.1, 0.15) is 12.4 Å². The maximum absolute atomic E-state index is 13.6. The molecule has 0 aromatic heterocycles. The molecule has 1 N–H and O–H groups in total. The summed E-state index contributed by atoms with van der Waals surface area (Å²) in [5.74, 6) is 5.07. The molecule has 0 amide bonds. The number of halogens is 1. The summed E-state index contributed by atoms with van der Waals surface area (Å²) in [5.41, 5.74) is 1.58. The van der Waals surface area contributed by atoms with Gasteiger partial charge in [0, 0.05) is 18.2 Å². The van der Waals surface area contributed by atoms with Gasteiger partial charge < -0.3 is 5.11 Å². The summed E-state index contributed by atoms with van der Waals surface area (Å²) in [6.45, 7) is 0.546. The van der Waals surface area contributed by atoms with E-state index in [1.807, 2.05) is 6.07 Å². The van der Waals surface area contributed by atoms with Crippen molar-refractivity contribution in [3.8, 4) is 11.8 Å². The van der Waals surface area contributed by atoms with Crippen LogP contribution in [0.15, 0.2) is 18.2 Å². The third kappa shape index (κ3) is 4.33. The molecular formula is C17H22FNO. The molecule has 1 aliphatic rings. The molecular weight excluding hydrogens is 253 g/mol. The smallest absolute Gasteiger partial charge is 0.124 e. The lowest BCUT2D eigenvalue weighted by molar-refractivity contribution is 0.184. The number of hydrogen-bond acceptors (Lipinski definition) is 2. The van der Waals surface area contributed by atoms with E-state index < -0.39 is 0 Å². The van der Waals surface area contributed by atoms with Crippen LogP contribution in [0.3, 0.4) is 0 Å². The van der Waals surface area contributed by atoms with Gasteiger partial charge in [0.25, 0.3) is 0 Å². The first-order valence-corrected chi connectivity index (χ1v) is 7.28. The number of rotatable bonds is 3. The number of benzene rings is 1. The monoisotopic (exact) mass is 275 g/mol. The molecule has 2 nitrogen and oxygen atoms in total. The van der Waals surface area contributed by atoms with Gasteiger partial charge >= 0.3 is 0 Å². The molecule has 1 saturated carbocycles. The second-order valence-electron chi connectivity index (χ2n) is 5.51. The fraction of sp³-hybridized carbons (Fsp3) is 0.529. The zero-order valence-corrected chi connectivity index (χ0v) is 12.0. The quantitative estimate of drug-likeness (QED) is 0.857. The molecule has 0 aliphatic heterocycles. The van der Waals surface area contributed by atoms with Crippen molar-refractivity contribution in [2.75, 3.05) is 13.7 Å². The Morgan fingerprint density at radius 2 is 2.00 bits per heavy atom. The SMILES string of the molecule is CN(Cc1cc(F)cc(C#CCO)c1)C1CCCCC1. The van der Waals surface area contributed by atoms with Crippen molar-refractivity contribution < 1.29 is 9.50 Å². The van der Waals surface area contributed by atoms with Crippen LogP contribution < -0.4 is 0 Å². The number of aliphatic hydroxyl groups excluding tert-OH is 1. The molecule has 0 radical (unpaired) electrons. The maximum atomic E-state index is 13.6. The molecule has 20 heavy (non-hydrogen) atoms. The van der Waals surface area contributed by atoms with E-state index in [2.05, 4.69) is 23.8 Å². The Bertz CT molecular complexity index is 497. The van der Waals surface area contributed by atoms with Crippen LogP contribution in [0.1, 0.15) is 43.2 Å². The highest BCUT2D eigenvalue weighted by Crippen LogP contribution is 2.23. The van der Waals surface area contributed by atoms with Crippen molar-refractivity contribution in [2.24, 2.45) is 0 Å². The average molecular weight is 275 g/mol. The van der Waals surface area contributed by atoms with Crippen LogP contribution in [-0.2, 0) is 6.54 Å². The van der Waals surface area contributed by atoms with Gasteiger partial charge in [-0.2, -0.15) is 0 Å². The molecule has 1 aliphatic carbocycles. The van der Waals surface area contributed by atoms with E-state index in [1.165, 1.54) is 38.2 Å². The van der Waals surface area contributed by atoms with Gasteiger partial charge in [-0.25, -0.2) is 4.39 Å². The fourth-order valence-corrected chi connectivity index (χ4v) is 2.89. The molecule has 0 atom stereocenters. The van der Waals surface area contributed by atoms with Crippen LogP contribution >= 0.6 is 0 Å². The molecule has 1 aromatic carbocycles. The van der Waals surface area contributed by atoms with Crippen molar-refractivity contribution in [1.82, 2.24) is 4.90 Å². The van der Waals surface area contributed by atoms with E-state index in [0.717, 1.165) is 12.1 Å². The summed E-state index contributed by atoms with van der Waals surface area (Å²) in [4.78, 5) is 2.32. The van der Waals surface area contributed by atoms with E-state index in [0.29, 0.717) is 11.6 Å². The predicted octanol–water partition coefficient (Wildman–Crippen LogP) is 2.93. The minimum Gasteiger partial charge on any atom is -0.384 e. The molecule has 3 heteroatoms. The molecule has 0 heterocycles. The maximum Gasteiger partial charge on any atom is 0.124 e. The van der Waals surface area contributed by atoms with Crippen LogP contribution in [0.4, 0.5) is 4.39 Å². The van der Waals surface area contributed by atoms with Crippen LogP contribution in [0.5, 0.6) is 0 Å². The van der Waals surface area contributed by atoms with Crippen LogP contribution in [0, 0.1) is 17.7 Å². The standard InChI is InChI=1S/C17H22FNO/c1-19(17-7-3-2-4-8-17)13-15-10-14(6-5-9-20)11-16(18)12-15/h10-12,17,20H,2-4,7-9,13H2,1H3. The zero-order chi connectivity index (χ0) is 14.4. The van der Waals surface area contributed by atoms with Crippen LogP contribution in [0.25, 0.3) is 0 Å². The Hall–Kier alpha value is -1.37. The normalized spacial score (nSPS) is 16.0. The van der Waals surface area contributed by atoms with E-state index >= 15 is 0 Å². The second kappa shape index (κ2) is 7.42. The topological polar surface area (TPSA) is 23.5 Å². The summed E-state index contributed by atoms with van der Waals surface area (Å²) in [5, 5.41) is 8.71. The van der Waals surface area contributed by atoms with Gasteiger partial charge in [0.2, 0.25) is 0 Å². The molecule has 0 unspecified atom stereocenters.